The number of anilines is 1. The second kappa shape index (κ2) is 6.01. The van der Waals surface area contributed by atoms with Crippen LogP contribution < -0.4 is 10.2 Å². The molecule has 98 valence electrons. The molecule has 0 unspecified atom stereocenters. The molecule has 0 spiro atoms. The van der Waals surface area contributed by atoms with E-state index in [9.17, 15) is 4.79 Å². The number of piperidine rings is 1. The van der Waals surface area contributed by atoms with Gasteiger partial charge in [0.1, 0.15) is 0 Å². The molecular formula is C15H22N2O. The third-order valence-corrected chi connectivity index (χ3v) is 3.62. The second-order valence-electron chi connectivity index (χ2n) is 4.88. The molecule has 0 aliphatic carbocycles. The Hall–Kier alpha value is -1.35. The highest BCUT2D eigenvalue weighted by Crippen LogP contribution is 2.26. The van der Waals surface area contributed by atoms with E-state index in [4.69, 9.17) is 0 Å². The summed E-state index contributed by atoms with van der Waals surface area (Å²) >= 11 is 0. The van der Waals surface area contributed by atoms with Crippen molar-refractivity contribution in [3.8, 4) is 0 Å². The van der Waals surface area contributed by atoms with Crippen molar-refractivity contribution in [1.82, 2.24) is 5.32 Å². The van der Waals surface area contributed by atoms with E-state index in [-0.39, 0.29) is 5.91 Å². The first-order chi connectivity index (χ1) is 8.74. The highest BCUT2D eigenvalue weighted by atomic mass is 16.2. The molecule has 18 heavy (non-hydrogen) atoms. The van der Waals surface area contributed by atoms with Gasteiger partial charge in [0.25, 0.3) is 0 Å². The summed E-state index contributed by atoms with van der Waals surface area (Å²) in [5.74, 6) is 0.233. The summed E-state index contributed by atoms with van der Waals surface area (Å²) in [4.78, 5) is 14.3. The Balaban J connectivity index is 2.30. The number of carbonyl (C=O) groups excluding carboxylic acids is 1. The number of hydrogen-bond acceptors (Lipinski definition) is 2. The van der Waals surface area contributed by atoms with Crippen LogP contribution in [-0.2, 0) is 4.79 Å². The molecule has 1 aromatic carbocycles. The minimum atomic E-state index is 0.233. The number of nitrogens with one attached hydrogen (secondary N) is 1. The van der Waals surface area contributed by atoms with Crippen LogP contribution in [0.5, 0.6) is 0 Å². The number of carbonyl (C=O) groups is 1. The molecule has 0 atom stereocenters. The van der Waals surface area contributed by atoms with Crippen molar-refractivity contribution >= 4 is 11.6 Å². The molecule has 1 N–H and O–H groups in total. The fraction of sp³-hybridized carbons (Fsp3) is 0.533. The highest BCUT2D eigenvalue weighted by Gasteiger charge is 2.26. The zero-order valence-electron chi connectivity index (χ0n) is 11.3. The molecule has 2 rings (SSSR count). The van der Waals surface area contributed by atoms with Crippen LogP contribution in [0, 0.1) is 6.92 Å². The molecule has 1 aliphatic rings. The van der Waals surface area contributed by atoms with Crippen LogP contribution >= 0.6 is 0 Å². The van der Waals surface area contributed by atoms with Crippen LogP contribution in [0.1, 0.15) is 31.7 Å². The lowest BCUT2D eigenvalue weighted by atomic mass is 10.0. The lowest BCUT2D eigenvalue weighted by molar-refractivity contribution is -0.118. The molecule has 0 bridgehead atoms. The topological polar surface area (TPSA) is 32.3 Å². The molecule has 1 saturated heterocycles. The maximum atomic E-state index is 12.3. The zero-order chi connectivity index (χ0) is 13.0. The van der Waals surface area contributed by atoms with Gasteiger partial charge in [0.15, 0.2) is 0 Å². The van der Waals surface area contributed by atoms with E-state index in [1.807, 2.05) is 24.0 Å². The Bertz CT molecular complexity index is 411. The van der Waals surface area contributed by atoms with Crippen LogP contribution in [0.4, 0.5) is 5.69 Å². The van der Waals surface area contributed by atoms with Crippen molar-refractivity contribution in [2.75, 3.05) is 18.0 Å². The van der Waals surface area contributed by atoms with Crippen LogP contribution in [0.3, 0.4) is 0 Å². The first-order valence-corrected chi connectivity index (χ1v) is 6.82. The first kappa shape index (κ1) is 13.1. The second-order valence-corrected chi connectivity index (χ2v) is 4.88. The summed E-state index contributed by atoms with van der Waals surface area (Å²) in [6.45, 7) is 6.02. The average molecular weight is 246 g/mol. The number of benzene rings is 1. The lowest BCUT2D eigenvalue weighted by Gasteiger charge is -2.35. The van der Waals surface area contributed by atoms with E-state index in [2.05, 4.69) is 24.4 Å². The molecule has 1 heterocycles. The molecule has 0 radical (unpaired) electrons. The highest BCUT2D eigenvalue weighted by molar-refractivity contribution is 5.94. The van der Waals surface area contributed by atoms with Crippen molar-refractivity contribution < 1.29 is 4.79 Å². The first-order valence-electron chi connectivity index (χ1n) is 6.82. The largest absolute Gasteiger partial charge is 0.317 e. The predicted octanol–water partition coefficient (Wildman–Crippen LogP) is 2.49. The lowest BCUT2D eigenvalue weighted by Crippen LogP contribution is -2.46. The summed E-state index contributed by atoms with van der Waals surface area (Å²) in [7, 11) is 0. The molecular weight excluding hydrogens is 224 g/mol. The Morgan fingerprint density at radius 1 is 1.33 bits per heavy atom. The summed E-state index contributed by atoms with van der Waals surface area (Å²) in [5.41, 5.74) is 2.26. The molecule has 0 saturated carbocycles. The van der Waals surface area contributed by atoms with E-state index in [1.54, 1.807) is 0 Å². The molecule has 1 amide bonds. The Morgan fingerprint density at radius 2 is 2.00 bits per heavy atom. The van der Waals surface area contributed by atoms with Crippen molar-refractivity contribution in [2.24, 2.45) is 0 Å². The molecule has 1 aliphatic heterocycles. The van der Waals surface area contributed by atoms with Crippen LogP contribution in [0.25, 0.3) is 0 Å². The van der Waals surface area contributed by atoms with E-state index < -0.39 is 0 Å². The van der Waals surface area contributed by atoms with E-state index in [0.29, 0.717) is 12.5 Å². The van der Waals surface area contributed by atoms with Gasteiger partial charge in [-0.1, -0.05) is 25.1 Å². The zero-order valence-corrected chi connectivity index (χ0v) is 11.3. The van der Waals surface area contributed by atoms with Crippen LogP contribution in [0.15, 0.2) is 24.3 Å². The van der Waals surface area contributed by atoms with E-state index in [0.717, 1.165) is 31.6 Å². The Morgan fingerprint density at radius 3 is 2.61 bits per heavy atom. The third kappa shape index (κ3) is 2.72. The van der Waals surface area contributed by atoms with Gasteiger partial charge in [-0.2, -0.15) is 0 Å². The number of amides is 1. The maximum absolute atomic E-state index is 12.3. The number of aryl methyl sites for hydroxylation is 1. The van der Waals surface area contributed by atoms with Crippen LogP contribution in [-0.4, -0.2) is 25.0 Å². The predicted molar refractivity (Wildman–Crippen MR) is 74.8 cm³/mol. The minimum absolute atomic E-state index is 0.233. The minimum Gasteiger partial charge on any atom is -0.317 e. The average Bonchev–Trinajstić information content (AvgIpc) is 2.42. The third-order valence-electron chi connectivity index (χ3n) is 3.62. The number of para-hydroxylation sites is 1. The summed E-state index contributed by atoms with van der Waals surface area (Å²) < 4.78 is 0. The van der Waals surface area contributed by atoms with Crippen molar-refractivity contribution in [2.45, 2.75) is 39.2 Å². The van der Waals surface area contributed by atoms with Gasteiger partial charge in [-0.3, -0.25) is 4.79 Å². The fourth-order valence-corrected chi connectivity index (χ4v) is 2.60. The Labute approximate surface area is 109 Å². The van der Waals surface area contributed by atoms with Gasteiger partial charge in [0.05, 0.1) is 0 Å². The molecule has 3 heteroatoms. The maximum Gasteiger partial charge on any atom is 0.226 e. The fourth-order valence-electron chi connectivity index (χ4n) is 2.60. The molecule has 3 nitrogen and oxygen atoms in total. The monoisotopic (exact) mass is 246 g/mol. The Kier molecular flexibility index (Phi) is 4.37. The van der Waals surface area contributed by atoms with Gasteiger partial charge in [0, 0.05) is 18.2 Å². The van der Waals surface area contributed by atoms with Gasteiger partial charge < -0.3 is 10.2 Å². The van der Waals surface area contributed by atoms with Gasteiger partial charge in [-0.05, 0) is 44.5 Å². The standard InChI is InChI=1S/C15H22N2O/c1-3-15(18)17(13-8-10-16-11-9-13)14-7-5-4-6-12(14)2/h4-7,13,16H,3,8-11H2,1-2H3. The molecule has 0 aromatic heterocycles. The summed E-state index contributed by atoms with van der Waals surface area (Å²) in [5, 5.41) is 3.35. The smallest absolute Gasteiger partial charge is 0.226 e. The molecule has 1 fully saturated rings. The van der Waals surface area contributed by atoms with Crippen molar-refractivity contribution in [3.63, 3.8) is 0 Å². The summed E-state index contributed by atoms with van der Waals surface area (Å²) in [6, 6.07) is 8.52. The van der Waals surface area contributed by atoms with Crippen LogP contribution in [0.2, 0.25) is 0 Å². The van der Waals surface area contributed by atoms with Gasteiger partial charge >= 0.3 is 0 Å². The normalized spacial score (nSPS) is 16.6. The van der Waals surface area contributed by atoms with Crippen molar-refractivity contribution in [3.05, 3.63) is 29.8 Å². The summed E-state index contributed by atoms with van der Waals surface area (Å²) in [6.07, 6.45) is 2.65. The number of hydrogen-bond donors (Lipinski definition) is 1. The van der Waals surface area contributed by atoms with E-state index in [1.165, 1.54) is 5.56 Å². The van der Waals surface area contributed by atoms with Crippen molar-refractivity contribution in [1.29, 1.82) is 0 Å². The molecule has 1 aromatic rings. The van der Waals surface area contributed by atoms with Gasteiger partial charge in [-0.25, -0.2) is 0 Å². The number of nitrogens with zero attached hydrogens (tertiary/aromatic N) is 1. The number of rotatable bonds is 3. The van der Waals surface area contributed by atoms with Gasteiger partial charge in [0.2, 0.25) is 5.91 Å². The SMILES string of the molecule is CCC(=O)N(c1ccccc1C)C1CCNCC1. The van der Waals surface area contributed by atoms with Gasteiger partial charge in [-0.15, -0.1) is 0 Å². The quantitative estimate of drug-likeness (QED) is 0.888. The van der Waals surface area contributed by atoms with E-state index >= 15 is 0 Å².